The third kappa shape index (κ3) is 4.54. The lowest BCUT2D eigenvalue weighted by molar-refractivity contribution is 0.646. The molecule has 10 rings (SSSR count). The summed E-state index contributed by atoms with van der Waals surface area (Å²) in [6, 6.07) is 51.8. The zero-order chi connectivity index (χ0) is 35.1. The number of hydrogen-bond acceptors (Lipinski definition) is 4. The molecule has 4 nitrogen and oxygen atoms in total. The van der Waals surface area contributed by atoms with Gasteiger partial charge in [-0.25, -0.2) is 0 Å². The van der Waals surface area contributed by atoms with E-state index in [-0.39, 0.29) is 0 Å². The molecule has 0 amide bonds. The first kappa shape index (κ1) is 30.3. The van der Waals surface area contributed by atoms with Crippen LogP contribution in [0.1, 0.15) is 22.3 Å². The van der Waals surface area contributed by atoms with Gasteiger partial charge in [-0.15, -0.1) is 0 Å². The Bertz CT molecular complexity index is 2640. The Morgan fingerprint density at radius 1 is 0.346 bits per heavy atom. The van der Waals surface area contributed by atoms with E-state index < -0.39 is 0 Å². The van der Waals surface area contributed by atoms with Crippen LogP contribution in [-0.4, -0.2) is 0 Å². The van der Waals surface area contributed by atoms with Crippen molar-refractivity contribution in [3.8, 4) is 11.1 Å². The number of nitrogens with zero attached hydrogens (tertiary/aromatic N) is 2. The van der Waals surface area contributed by atoms with Crippen LogP contribution < -0.4 is 9.80 Å². The third-order valence-electron chi connectivity index (χ3n) is 10.7. The SMILES string of the molecule is Cc1ccccc1N(c1cc2ccc3oc4cc(N(c5ccccc5C)c5ccccc5C)cc5ccc6oc(c1)c2c3-c6c54)c1ccccc1C. The van der Waals surface area contributed by atoms with E-state index in [1.54, 1.807) is 0 Å². The van der Waals surface area contributed by atoms with Gasteiger partial charge >= 0.3 is 0 Å². The fourth-order valence-corrected chi connectivity index (χ4v) is 8.18. The van der Waals surface area contributed by atoms with Crippen molar-refractivity contribution in [1.82, 2.24) is 0 Å². The molecule has 0 fully saturated rings. The van der Waals surface area contributed by atoms with Crippen LogP contribution in [0.3, 0.4) is 0 Å². The summed E-state index contributed by atoms with van der Waals surface area (Å²) in [6.07, 6.45) is 0. The second-order valence-electron chi connectivity index (χ2n) is 14.0. The maximum absolute atomic E-state index is 6.92. The molecule has 2 heterocycles. The summed E-state index contributed by atoms with van der Waals surface area (Å²) < 4.78 is 13.8. The molecule has 8 aromatic carbocycles. The van der Waals surface area contributed by atoms with Gasteiger partial charge in [0.25, 0.3) is 0 Å². The summed E-state index contributed by atoms with van der Waals surface area (Å²) in [7, 11) is 0. The summed E-state index contributed by atoms with van der Waals surface area (Å²) in [6.45, 7) is 8.67. The summed E-state index contributed by atoms with van der Waals surface area (Å²) >= 11 is 0. The highest BCUT2D eigenvalue weighted by molar-refractivity contribution is 6.24. The Hall–Kier alpha value is -6.52. The van der Waals surface area contributed by atoms with E-state index in [4.69, 9.17) is 8.83 Å². The molecule has 0 aliphatic carbocycles. The van der Waals surface area contributed by atoms with Crippen molar-refractivity contribution in [2.24, 2.45) is 0 Å². The molecule has 0 bridgehead atoms. The van der Waals surface area contributed by atoms with Crippen LogP contribution in [0.2, 0.25) is 0 Å². The molecule has 0 N–H and O–H groups in total. The van der Waals surface area contributed by atoms with E-state index >= 15 is 0 Å². The number of hydrogen-bond donors (Lipinski definition) is 0. The van der Waals surface area contributed by atoms with Gasteiger partial charge in [0.1, 0.15) is 22.3 Å². The van der Waals surface area contributed by atoms with Crippen LogP contribution in [0, 0.1) is 27.7 Å². The van der Waals surface area contributed by atoms with E-state index in [0.717, 1.165) is 89.1 Å². The Balaban J connectivity index is 1.22. The Kier molecular flexibility index (Phi) is 6.71. The number of aryl methyl sites for hydroxylation is 4. The molecule has 4 heteroatoms. The quantitative estimate of drug-likeness (QED) is 0.130. The highest BCUT2D eigenvalue weighted by atomic mass is 16.3. The molecular weight excluding hydrogens is 637 g/mol. The highest BCUT2D eigenvalue weighted by Gasteiger charge is 2.27. The van der Waals surface area contributed by atoms with Gasteiger partial charge in [-0.3, -0.25) is 0 Å². The highest BCUT2D eigenvalue weighted by Crippen LogP contribution is 2.51. The Labute approximate surface area is 302 Å². The zero-order valence-corrected chi connectivity index (χ0v) is 29.6. The van der Waals surface area contributed by atoms with Gasteiger partial charge in [0.05, 0.1) is 11.4 Å². The molecule has 0 atom stereocenters. The first-order valence-corrected chi connectivity index (χ1v) is 17.8. The molecule has 0 saturated heterocycles. The second-order valence-corrected chi connectivity index (χ2v) is 14.0. The number of anilines is 6. The monoisotopic (exact) mass is 672 g/mol. The van der Waals surface area contributed by atoms with Crippen molar-refractivity contribution in [2.45, 2.75) is 27.7 Å². The fourth-order valence-electron chi connectivity index (χ4n) is 8.18. The lowest BCUT2D eigenvalue weighted by Crippen LogP contribution is -2.13. The molecule has 0 saturated carbocycles. The molecule has 8 aromatic rings. The van der Waals surface area contributed by atoms with Crippen molar-refractivity contribution in [1.29, 1.82) is 0 Å². The average molecular weight is 673 g/mol. The summed E-state index contributed by atoms with van der Waals surface area (Å²) in [5.74, 6) is 0. The minimum Gasteiger partial charge on any atom is -0.456 e. The van der Waals surface area contributed by atoms with Crippen molar-refractivity contribution in [3.63, 3.8) is 0 Å². The van der Waals surface area contributed by atoms with Crippen LogP contribution in [0.4, 0.5) is 34.1 Å². The third-order valence-corrected chi connectivity index (χ3v) is 10.7. The number of rotatable bonds is 6. The van der Waals surface area contributed by atoms with E-state index in [2.05, 4.69) is 183 Å². The molecule has 0 unspecified atom stereocenters. The predicted molar refractivity (Wildman–Crippen MR) is 217 cm³/mol. The van der Waals surface area contributed by atoms with Gasteiger partial charge in [-0.1, -0.05) is 84.9 Å². The van der Waals surface area contributed by atoms with Crippen LogP contribution in [0.5, 0.6) is 0 Å². The lowest BCUT2D eigenvalue weighted by Gasteiger charge is -2.30. The predicted octanol–water partition coefficient (Wildman–Crippen LogP) is 14.2. The molecule has 2 aliphatic rings. The fraction of sp³-hybridized carbons (Fsp3) is 0.0833. The standard InChI is InChI=1S/C48H36N2O2/c1-29-13-5-9-17-37(29)49(38-18-10-6-14-30(38)2)35-25-33-21-23-42-47-45(33)43(27-35)51-41-24-22-34-26-36(28-44(52-42)46(34)48(41)47)50(39-19-11-7-15-31(39)3)40-20-12-8-16-32(40)4/h5-28H,1-4H3. The van der Waals surface area contributed by atoms with Crippen LogP contribution in [0.25, 0.3) is 55.0 Å². The maximum Gasteiger partial charge on any atom is 0.138 e. The Morgan fingerprint density at radius 2 is 0.673 bits per heavy atom. The van der Waals surface area contributed by atoms with Gasteiger partial charge in [0.15, 0.2) is 0 Å². The van der Waals surface area contributed by atoms with Crippen LogP contribution in [0.15, 0.2) is 154 Å². The van der Waals surface area contributed by atoms with E-state index in [9.17, 15) is 0 Å². The molecule has 0 radical (unpaired) electrons. The van der Waals surface area contributed by atoms with E-state index in [1.807, 2.05) is 0 Å². The Morgan fingerprint density at radius 3 is 1.00 bits per heavy atom. The first-order valence-electron chi connectivity index (χ1n) is 17.8. The zero-order valence-electron chi connectivity index (χ0n) is 29.6. The van der Waals surface area contributed by atoms with Crippen LogP contribution in [-0.2, 0) is 0 Å². The molecular formula is C48H36N2O2. The van der Waals surface area contributed by atoms with Gasteiger partial charge < -0.3 is 18.6 Å². The number of benzene rings is 8. The van der Waals surface area contributed by atoms with Gasteiger partial charge in [-0.05, 0) is 109 Å². The summed E-state index contributed by atoms with van der Waals surface area (Å²) in [5, 5.41) is 4.36. The smallest absolute Gasteiger partial charge is 0.138 e. The van der Waals surface area contributed by atoms with Gasteiger partial charge in [0.2, 0.25) is 0 Å². The first-order chi connectivity index (χ1) is 25.4. The second kappa shape index (κ2) is 11.5. The van der Waals surface area contributed by atoms with Crippen molar-refractivity contribution in [3.05, 3.63) is 168 Å². The van der Waals surface area contributed by atoms with Crippen LogP contribution >= 0.6 is 0 Å². The summed E-state index contributed by atoms with van der Waals surface area (Å²) in [5.41, 5.74) is 17.0. The summed E-state index contributed by atoms with van der Waals surface area (Å²) in [4.78, 5) is 4.70. The normalized spacial score (nSPS) is 11.8. The molecule has 0 aromatic heterocycles. The van der Waals surface area contributed by atoms with Gasteiger partial charge in [0, 0.05) is 56.8 Å². The molecule has 2 aliphatic heterocycles. The van der Waals surface area contributed by atoms with Crippen molar-refractivity contribution in [2.75, 3.05) is 9.80 Å². The van der Waals surface area contributed by atoms with Crippen molar-refractivity contribution < 1.29 is 8.83 Å². The average Bonchev–Trinajstić information content (AvgIpc) is 3.15. The molecule has 0 spiro atoms. The van der Waals surface area contributed by atoms with E-state index in [1.165, 1.54) is 22.3 Å². The maximum atomic E-state index is 6.92. The lowest BCUT2D eigenvalue weighted by atomic mass is 9.89. The van der Waals surface area contributed by atoms with Crippen molar-refractivity contribution >= 4 is 78.0 Å². The molecule has 250 valence electrons. The topological polar surface area (TPSA) is 32.8 Å². The van der Waals surface area contributed by atoms with E-state index in [0.29, 0.717) is 0 Å². The molecule has 52 heavy (non-hydrogen) atoms. The van der Waals surface area contributed by atoms with Gasteiger partial charge in [-0.2, -0.15) is 0 Å². The minimum atomic E-state index is 0.831. The minimum absolute atomic E-state index is 0.831. The number of para-hydroxylation sites is 4. The largest absolute Gasteiger partial charge is 0.456 e.